The zero-order chi connectivity index (χ0) is 19.3. The molecule has 0 bridgehead atoms. The molecule has 3 heterocycles. The number of hydrogen-bond acceptors (Lipinski definition) is 4. The van der Waals surface area contributed by atoms with E-state index in [0.717, 1.165) is 44.3 Å². The number of nitrogens with two attached hydrogens (primary N) is 1. The Morgan fingerprint density at radius 3 is 2.75 bits per heavy atom. The largest absolute Gasteiger partial charge is 0.478 e. The van der Waals surface area contributed by atoms with E-state index in [1.807, 2.05) is 36.4 Å². The molecule has 0 fully saturated rings. The maximum absolute atomic E-state index is 11.3. The van der Waals surface area contributed by atoms with Crippen LogP contribution in [0.3, 0.4) is 0 Å². The minimum absolute atomic E-state index is 0.241. The summed E-state index contributed by atoms with van der Waals surface area (Å²) in [5.41, 5.74) is 11.4. The molecule has 5 N–H and O–H groups in total. The molecular weight excluding hydrogens is 354 g/mol. The summed E-state index contributed by atoms with van der Waals surface area (Å²) in [5.74, 6) is -0.495. The molecule has 0 aliphatic heterocycles. The third-order valence-electron chi connectivity index (χ3n) is 4.86. The monoisotopic (exact) mass is 369 g/mol. The Balaban J connectivity index is 1.68. The minimum Gasteiger partial charge on any atom is -0.478 e. The zero-order valence-corrected chi connectivity index (χ0v) is 14.6. The number of H-pyrrole nitrogens is 2. The summed E-state index contributed by atoms with van der Waals surface area (Å²) >= 11 is 0. The molecule has 3 aromatic heterocycles. The number of nitrogen functional groups attached to an aromatic ring is 1. The molecule has 0 unspecified atom stereocenters. The average Bonchev–Trinajstić information content (AvgIpc) is 3.31. The van der Waals surface area contributed by atoms with Crippen molar-refractivity contribution >= 4 is 33.7 Å². The third kappa shape index (κ3) is 2.49. The Morgan fingerprint density at radius 2 is 1.89 bits per heavy atom. The van der Waals surface area contributed by atoms with Crippen molar-refractivity contribution in [3.8, 4) is 22.4 Å². The van der Waals surface area contributed by atoms with Crippen molar-refractivity contribution in [3.63, 3.8) is 0 Å². The van der Waals surface area contributed by atoms with Crippen molar-refractivity contribution < 1.29 is 9.90 Å². The molecule has 0 radical (unpaired) electrons. The maximum Gasteiger partial charge on any atom is 0.335 e. The second kappa shape index (κ2) is 5.95. The van der Waals surface area contributed by atoms with Crippen molar-refractivity contribution in [2.75, 3.05) is 5.73 Å². The highest BCUT2D eigenvalue weighted by Gasteiger charge is 2.12. The van der Waals surface area contributed by atoms with E-state index in [0.29, 0.717) is 5.82 Å². The van der Waals surface area contributed by atoms with Crippen molar-refractivity contribution in [1.29, 1.82) is 0 Å². The van der Waals surface area contributed by atoms with Crippen LogP contribution in [0.15, 0.2) is 60.8 Å². The van der Waals surface area contributed by atoms with Crippen LogP contribution < -0.4 is 5.73 Å². The summed E-state index contributed by atoms with van der Waals surface area (Å²) in [7, 11) is 0. The highest BCUT2D eigenvalue weighted by Crippen LogP contribution is 2.33. The number of anilines is 1. The van der Waals surface area contributed by atoms with Gasteiger partial charge < -0.3 is 15.8 Å². The van der Waals surface area contributed by atoms with Crippen LogP contribution in [0.4, 0.5) is 5.82 Å². The Kier molecular flexibility index (Phi) is 3.42. The van der Waals surface area contributed by atoms with Gasteiger partial charge in [0.25, 0.3) is 0 Å². The van der Waals surface area contributed by atoms with Gasteiger partial charge in [-0.25, -0.2) is 9.78 Å². The lowest BCUT2D eigenvalue weighted by Crippen LogP contribution is -1.95. The molecular formula is C21H15N5O2. The highest BCUT2D eigenvalue weighted by molar-refractivity contribution is 6.00. The normalized spacial score (nSPS) is 11.3. The van der Waals surface area contributed by atoms with E-state index < -0.39 is 5.97 Å². The van der Waals surface area contributed by atoms with Crippen LogP contribution in [0, 0.1) is 0 Å². The topological polar surface area (TPSA) is 121 Å². The zero-order valence-electron chi connectivity index (χ0n) is 14.6. The van der Waals surface area contributed by atoms with Crippen LogP contribution in [0.2, 0.25) is 0 Å². The fraction of sp³-hybridized carbons (Fsp3) is 0. The van der Waals surface area contributed by atoms with Crippen LogP contribution in [0.1, 0.15) is 10.4 Å². The number of pyridine rings is 1. The first-order valence-electron chi connectivity index (χ1n) is 8.65. The first-order chi connectivity index (χ1) is 13.6. The Hall–Kier alpha value is -4.13. The molecule has 0 saturated carbocycles. The van der Waals surface area contributed by atoms with Gasteiger partial charge in [-0.1, -0.05) is 18.2 Å². The van der Waals surface area contributed by atoms with E-state index in [4.69, 9.17) is 5.73 Å². The first-order valence-corrected chi connectivity index (χ1v) is 8.65. The van der Waals surface area contributed by atoms with Gasteiger partial charge in [-0.15, -0.1) is 0 Å². The predicted molar refractivity (Wildman–Crippen MR) is 108 cm³/mol. The molecule has 7 nitrogen and oxygen atoms in total. The Labute approximate surface area is 158 Å². The van der Waals surface area contributed by atoms with Crippen LogP contribution in [-0.2, 0) is 0 Å². The number of fused-ring (bicyclic) bond motifs is 2. The summed E-state index contributed by atoms with van der Waals surface area (Å²) in [6, 6.07) is 16.7. The van der Waals surface area contributed by atoms with E-state index in [1.54, 1.807) is 24.4 Å². The fourth-order valence-corrected chi connectivity index (χ4v) is 3.46. The average molecular weight is 369 g/mol. The number of benzene rings is 2. The Morgan fingerprint density at radius 1 is 1.00 bits per heavy atom. The SMILES string of the molecule is Nc1n[nH]c2ccc(-c3ccnc4[nH]c(-c5cccc(C(=O)O)c5)cc34)cc12. The number of aromatic amines is 2. The molecule has 0 atom stereocenters. The standard InChI is InChI=1S/C21H15N5O2/c22-19-16-9-11(4-5-17(16)25-26-19)14-6-7-23-20-15(14)10-18(24-20)12-2-1-3-13(8-12)21(27)28/h1-10H,(H,23,24)(H,27,28)(H3,22,25,26). The first kappa shape index (κ1) is 16.1. The molecule has 5 rings (SSSR count). The molecule has 2 aromatic carbocycles. The molecule has 28 heavy (non-hydrogen) atoms. The van der Waals surface area contributed by atoms with Gasteiger partial charge in [0.15, 0.2) is 5.82 Å². The van der Waals surface area contributed by atoms with Crippen LogP contribution in [0.5, 0.6) is 0 Å². The van der Waals surface area contributed by atoms with E-state index in [-0.39, 0.29) is 5.56 Å². The van der Waals surface area contributed by atoms with Crippen LogP contribution >= 0.6 is 0 Å². The minimum atomic E-state index is -0.956. The lowest BCUT2D eigenvalue weighted by atomic mass is 10.0. The van der Waals surface area contributed by atoms with Gasteiger partial charge in [-0.2, -0.15) is 5.10 Å². The number of nitrogens with zero attached hydrogens (tertiary/aromatic N) is 2. The van der Waals surface area contributed by atoms with Crippen LogP contribution in [0.25, 0.3) is 44.3 Å². The molecule has 5 aromatic rings. The highest BCUT2D eigenvalue weighted by atomic mass is 16.4. The summed E-state index contributed by atoms with van der Waals surface area (Å²) in [4.78, 5) is 19.0. The quantitative estimate of drug-likeness (QED) is 0.382. The van der Waals surface area contributed by atoms with Crippen molar-refractivity contribution in [2.45, 2.75) is 0 Å². The summed E-state index contributed by atoms with van der Waals surface area (Å²) in [6.07, 6.45) is 1.74. The molecule has 0 aliphatic carbocycles. The smallest absolute Gasteiger partial charge is 0.335 e. The third-order valence-corrected chi connectivity index (χ3v) is 4.86. The lowest BCUT2D eigenvalue weighted by molar-refractivity contribution is 0.0697. The molecule has 136 valence electrons. The maximum atomic E-state index is 11.3. The van der Waals surface area contributed by atoms with Gasteiger partial charge in [0.2, 0.25) is 0 Å². The number of rotatable bonds is 3. The molecule has 0 amide bonds. The van der Waals surface area contributed by atoms with Crippen molar-refractivity contribution in [1.82, 2.24) is 20.2 Å². The van der Waals surface area contributed by atoms with Crippen LogP contribution in [-0.4, -0.2) is 31.2 Å². The van der Waals surface area contributed by atoms with E-state index in [1.165, 1.54) is 0 Å². The molecule has 7 heteroatoms. The van der Waals surface area contributed by atoms with Crippen molar-refractivity contribution in [3.05, 3.63) is 66.4 Å². The van der Waals surface area contributed by atoms with Gasteiger partial charge in [-0.3, -0.25) is 5.10 Å². The van der Waals surface area contributed by atoms with Gasteiger partial charge in [0, 0.05) is 22.7 Å². The number of nitrogens with one attached hydrogen (secondary N) is 2. The lowest BCUT2D eigenvalue weighted by Gasteiger charge is -2.03. The summed E-state index contributed by atoms with van der Waals surface area (Å²) < 4.78 is 0. The van der Waals surface area contributed by atoms with Gasteiger partial charge in [0.05, 0.1) is 11.1 Å². The summed E-state index contributed by atoms with van der Waals surface area (Å²) in [5, 5.41) is 18.0. The molecule has 0 aliphatic rings. The van der Waals surface area contributed by atoms with E-state index in [9.17, 15) is 9.90 Å². The second-order valence-corrected chi connectivity index (χ2v) is 6.56. The number of carbonyl (C=O) groups is 1. The van der Waals surface area contributed by atoms with Crippen molar-refractivity contribution in [2.24, 2.45) is 0 Å². The number of aromatic nitrogens is 4. The Bertz CT molecular complexity index is 1370. The van der Waals surface area contributed by atoms with Gasteiger partial charge >= 0.3 is 5.97 Å². The van der Waals surface area contributed by atoms with E-state index >= 15 is 0 Å². The molecule has 0 saturated heterocycles. The molecule has 0 spiro atoms. The second-order valence-electron chi connectivity index (χ2n) is 6.56. The number of carboxylic acid groups (broad SMARTS) is 1. The number of aromatic carboxylic acids is 1. The predicted octanol–water partition coefficient (Wildman–Crippen LogP) is 4.05. The number of carboxylic acids is 1. The van der Waals surface area contributed by atoms with Gasteiger partial charge in [0.1, 0.15) is 5.65 Å². The fourth-order valence-electron chi connectivity index (χ4n) is 3.46. The van der Waals surface area contributed by atoms with Gasteiger partial charge in [-0.05, 0) is 53.1 Å². The summed E-state index contributed by atoms with van der Waals surface area (Å²) in [6.45, 7) is 0. The van der Waals surface area contributed by atoms with E-state index in [2.05, 4.69) is 20.2 Å². The number of hydrogen-bond donors (Lipinski definition) is 4.